The predicted molar refractivity (Wildman–Crippen MR) is 67.8 cm³/mol. The van der Waals surface area contributed by atoms with E-state index < -0.39 is 0 Å². The van der Waals surface area contributed by atoms with Crippen LogP contribution in [0.4, 0.5) is 0 Å². The van der Waals surface area contributed by atoms with Crippen molar-refractivity contribution < 1.29 is 0 Å². The molecule has 88 valence electrons. The van der Waals surface area contributed by atoms with E-state index in [1.165, 1.54) is 35.8 Å². The van der Waals surface area contributed by atoms with Crippen LogP contribution in [0.3, 0.4) is 0 Å². The molecule has 0 bridgehead atoms. The Morgan fingerprint density at radius 2 is 2.50 bits per heavy atom. The second-order valence-electron chi connectivity index (χ2n) is 4.75. The van der Waals surface area contributed by atoms with E-state index in [9.17, 15) is 0 Å². The molecule has 4 heteroatoms. The quantitative estimate of drug-likeness (QED) is 0.845. The van der Waals surface area contributed by atoms with E-state index in [2.05, 4.69) is 28.7 Å². The van der Waals surface area contributed by atoms with Gasteiger partial charge in [0.05, 0.1) is 5.69 Å². The van der Waals surface area contributed by atoms with Gasteiger partial charge >= 0.3 is 0 Å². The van der Waals surface area contributed by atoms with Crippen molar-refractivity contribution in [2.75, 3.05) is 12.3 Å². The average Bonchev–Trinajstić information content (AvgIpc) is 2.90. The van der Waals surface area contributed by atoms with Crippen molar-refractivity contribution in [3.8, 4) is 0 Å². The highest BCUT2D eigenvalue weighted by Gasteiger charge is 2.22. The Kier molecular flexibility index (Phi) is 2.94. The van der Waals surface area contributed by atoms with E-state index in [1.807, 2.05) is 0 Å². The van der Waals surface area contributed by atoms with E-state index in [0.29, 0.717) is 0 Å². The molecule has 0 saturated carbocycles. The SMILES string of the molecule is Cn1c(CC2CCCS2)nc2c1CCNC2. The van der Waals surface area contributed by atoms with Crippen LogP contribution in [-0.4, -0.2) is 27.1 Å². The molecule has 16 heavy (non-hydrogen) atoms. The molecule has 1 aromatic heterocycles. The lowest BCUT2D eigenvalue weighted by Gasteiger charge is -2.13. The molecule has 1 aromatic rings. The number of aromatic nitrogens is 2. The third kappa shape index (κ3) is 1.89. The summed E-state index contributed by atoms with van der Waals surface area (Å²) < 4.78 is 2.34. The number of hydrogen-bond donors (Lipinski definition) is 1. The molecule has 1 atom stereocenters. The summed E-state index contributed by atoms with van der Waals surface area (Å²) in [6.07, 6.45) is 5.06. The Bertz CT molecular complexity index is 380. The smallest absolute Gasteiger partial charge is 0.110 e. The topological polar surface area (TPSA) is 29.9 Å². The zero-order chi connectivity index (χ0) is 11.0. The lowest BCUT2D eigenvalue weighted by atomic mass is 10.2. The van der Waals surface area contributed by atoms with Crippen LogP contribution in [0.15, 0.2) is 0 Å². The first-order valence-corrected chi connectivity index (χ1v) is 7.25. The molecule has 2 aliphatic heterocycles. The van der Waals surface area contributed by atoms with Gasteiger partial charge in [0.2, 0.25) is 0 Å². The minimum absolute atomic E-state index is 0.815. The number of imidazole rings is 1. The van der Waals surface area contributed by atoms with Crippen molar-refractivity contribution in [2.24, 2.45) is 7.05 Å². The molecule has 3 nitrogen and oxygen atoms in total. The van der Waals surface area contributed by atoms with Crippen molar-refractivity contribution in [1.82, 2.24) is 14.9 Å². The predicted octanol–water partition coefficient (Wildman–Crippen LogP) is 1.50. The summed E-state index contributed by atoms with van der Waals surface area (Å²) in [6.45, 7) is 2.06. The number of hydrogen-bond acceptors (Lipinski definition) is 3. The summed E-state index contributed by atoms with van der Waals surface area (Å²) >= 11 is 2.12. The van der Waals surface area contributed by atoms with E-state index >= 15 is 0 Å². The number of nitrogens with zero attached hydrogens (tertiary/aromatic N) is 2. The van der Waals surface area contributed by atoms with E-state index in [1.54, 1.807) is 0 Å². The van der Waals surface area contributed by atoms with Gasteiger partial charge in [-0.05, 0) is 18.6 Å². The lowest BCUT2D eigenvalue weighted by Crippen LogP contribution is -2.24. The second kappa shape index (κ2) is 4.41. The molecule has 0 spiro atoms. The molecule has 2 aliphatic rings. The Labute approximate surface area is 101 Å². The van der Waals surface area contributed by atoms with Crippen LogP contribution < -0.4 is 5.32 Å². The molecular weight excluding hydrogens is 218 g/mol. The van der Waals surface area contributed by atoms with Gasteiger partial charge in [0.15, 0.2) is 0 Å². The zero-order valence-electron chi connectivity index (χ0n) is 9.83. The lowest BCUT2D eigenvalue weighted by molar-refractivity contribution is 0.609. The average molecular weight is 237 g/mol. The first-order chi connectivity index (χ1) is 7.84. The van der Waals surface area contributed by atoms with Gasteiger partial charge in [0.25, 0.3) is 0 Å². The summed E-state index contributed by atoms with van der Waals surface area (Å²) in [5, 5.41) is 4.21. The standard InChI is InChI=1S/C12H19N3S/c1-15-11-4-5-13-8-10(11)14-12(15)7-9-3-2-6-16-9/h9,13H,2-8H2,1H3. The van der Waals surface area contributed by atoms with Gasteiger partial charge in [0, 0.05) is 43.9 Å². The van der Waals surface area contributed by atoms with E-state index in [4.69, 9.17) is 4.98 Å². The van der Waals surface area contributed by atoms with Crippen LogP contribution in [0.25, 0.3) is 0 Å². The highest BCUT2D eigenvalue weighted by atomic mass is 32.2. The van der Waals surface area contributed by atoms with Gasteiger partial charge in [-0.15, -0.1) is 0 Å². The Hall–Kier alpha value is -0.480. The minimum atomic E-state index is 0.815. The summed E-state index contributed by atoms with van der Waals surface area (Å²) in [4.78, 5) is 4.80. The number of thioether (sulfide) groups is 1. The first kappa shape index (κ1) is 10.7. The van der Waals surface area contributed by atoms with Crippen molar-refractivity contribution in [3.63, 3.8) is 0 Å². The van der Waals surface area contributed by atoms with Gasteiger partial charge < -0.3 is 9.88 Å². The molecule has 1 saturated heterocycles. The van der Waals surface area contributed by atoms with Crippen molar-refractivity contribution in [2.45, 2.75) is 37.5 Å². The maximum absolute atomic E-state index is 4.80. The molecular formula is C12H19N3S. The summed E-state index contributed by atoms with van der Waals surface area (Å²) in [5.74, 6) is 2.64. The number of fused-ring (bicyclic) bond motifs is 1. The molecule has 0 amide bonds. The zero-order valence-corrected chi connectivity index (χ0v) is 10.6. The summed E-state index contributed by atoms with van der Waals surface area (Å²) in [6, 6.07) is 0. The minimum Gasteiger partial charge on any atom is -0.335 e. The molecule has 3 heterocycles. The highest BCUT2D eigenvalue weighted by Crippen LogP contribution is 2.29. The van der Waals surface area contributed by atoms with Gasteiger partial charge in [-0.2, -0.15) is 11.8 Å². The molecule has 3 rings (SSSR count). The van der Waals surface area contributed by atoms with Crippen LogP contribution >= 0.6 is 11.8 Å². The van der Waals surface area contributed by atoms with Gasteiger partial charge in [0.1, 0.15) is 5.82 Å². The summed E-state index contributed by atoms with van der Waals surface area (Å²) in [5.41, 5.74) is 2.74. The molecule has 0 radical (unpaired) electrons. The molecule has 1 N–H and O–H groups in total. The van der Waals surface area contributed by atoms with Gasteiger partial charge in [-0.25, -0.2) is 4.98 Å². The fraction of sp³-hybridized carbons (Fsp3) is 0.750. The van der Waals surface area contributed by atoms with Crippen LogP contribution in [0.5, 0.6) is 0 Å². The van der Waals surface area contributed by atoms with Gasteiger partial charge in [-0.1, -0.05) is 0 Å². The van der Waals surface area contributed by atoms with Crippen molar-refractivity contribution in [3.05, 3.63) is 17.2 Å². The normalized spacial score (nSPS) is 24.7. The third-order valence-electron chi connectivity index (χ3n) is 3.65. The molecule has 0 aliphatic carbocycles. The molecule has 1 unspecified atom stereocenters. The summed E-state index contributed by atoms with van der Waals surface area (Å²) in [7, 11) is 2.19. The van der Waals surface area contributed by atoms with Crippen LogP contribution in [0, 0.1) is 0 Å². The van der Waals surface area contributed by atoms with Crippen LogP contribution in [-0.2, 0) is 26.4 Å². The van der Waals surface area contributed by atoms with Gasteiger partial charge in [-0.3, -0.25) is 0 Å². The highest BCUT2D eigenvalue weighted by molar-refractivity contribution is 8.00. The molecule has 1 fully saturated rings. The second-order valence-corrected chi connectivity index (χ2v) is 6.15. The van der Waals surface area contributed by atoms with Crippen molar-refractivity contribution >= 4 is 11.8 Å². The number of nitrogens with one attached hydrogen (secondary N) is 1. The maximum Gasteiger partial charge on any atom is 0.110 e. The molecule has 0 aromatic carbocycles. The van der Waals surface area contributed by atoms with Crippen LogP contribution in [0.1, 0.15) is 30.1 Å². The fourth-order valence-electron chi connectivity index (χ4n) is 2.70. The first-order valence-electron chi connectivity index (χ1n) is 6.20. The van der Waals surface area contributed by atoms with E-state index in [0.717, 1.165) is 31.2 Å². The monoisotopic (exact) mass is 237 g/mol. The van der Waals surface area contributed by atoms with Crippen molar-refractivity contribution in [1.29, 1.82) is 0 Å². The maximum atomic E-state index is 4.80. The Morgan fingerprint density at radius 3 is 3.25 bits per heavy atom. The Morgan fingerprint density at radius 1 is 1.56 bits per heavy atom. The third-order valence-corrected chi connectivity index (χ3v) is 5.05. The van der Waals surface area contributed by atoms with E-state index in [-0.39, 0.29) is 0 Å². The Balaban J connectivity index is 1.81. The largest absolute Gasteiger partial charge is 0.335 e. The van der Waals surface area contributed by atoms with Crippen LogP contribution in [0.2, 0.25) is 0 Å². The number of rotatable bonds is 2. The fourth-order valence-corrected chi connectivity index (χ4v) is 3.97.